The minimum Gasteiger partial charge on any atom is -0.482 e. The van der Waals surface area contributed by atoms with E-state index >= 15 is 0 Å². The van der Waals surface area contributed by atoms with Gasteiger partial charge in [0.05, 0.1) is 11.4 Å². The van der Waals surface area contributed by atoms with Crippen LogP contribution in [0.1, 0.15) is 34.6 Å². The fourth-order valence-corrected chi connectivity index (χ4v) is 3.39. The molecule has 2 aliphatic heterocycles. The number of fused-ring (bicyclic) bond motifs is 1. The second kappa shape index (κ2) is 7.23. The Balaban J connectivity index is 1.43. The molecular weight excluding hydrogens is 342 g/mol. The summed E-state index contributed by atoms with van der Waals surface area (Å²) in [5.41, 5.74) is 4.39. The number of ether oxygens (including phenoxy) is 1. The van der Waals surface area contributed by atoms with E-state index < -0.39 is 0 Å². The van der Waals surface area contributed by atoms with Gasteiger partial charge >= 0.3 is 0 Å². The first kappa shape index (κ1) is 17.3. The zero-order valence-corrected chi connectivity index (χ0v) is 15.2. The third-order valence-corrected chi connectivity index (χ3v) is 4.81. The van der Waals surface area contributed by atoms with Gasteiger partial charge in [0, 0.05) is 24.3 Å². The standard InChI is InChI=1S/C21H21N3O3/c1-14-3-2-4-17(22-14)11-15-7-9-24(10-8-15)21(26)16-5-6-19-18(12-16)23-20(25)13-27-19/h2-6,11-12H,7-10,13H2,1H3,(H,23,25). The van der Waals surface area contributed by atoms with Crippen LogP contribution in [0.25, 0.3) is 6.08 Å². The van der Waals surface area contributed by atoms with E-state index in [2.05, 4.69) is 16.4 Å². The largest absolute Gasteiger partial charge is 0.482 e. The zero-order valence-electron chi connectivity index (χ0n) is 15.2. The van der Waals surface area contributed by atoms with Gasteiger partial charge in [0.15, 0.2) is 6.61 Å². The third-order valence-electron chi connectivity index (χ3n) is 4.81. The Labute approximate surface area is 157 Å². The van der Waals surface area contributed by atoms with Crippen molar-refractivity contribution in [2.45, 2.75) is 19.8 Å². The van der Waals surface area contributed by atoms with Gasteiger partial charge in [0.25, 0.3) is 11.8 Å². The number of hydrogen-bond acceptors (Lipinski definition) is 4. The Hall–Kier alpha value is -3.15. The molecule has 1 fully saturated rings. The summed E-state index contributed by atoms with van der Waals surface area (Å²) in [5, 5.41) is 2.75. The maximum Gasteiger partial charge on any atom is 0.262 e. The lowest BCUT2D eigenvalue weighted by Gasteiger charge is -2.29. The molecule has 1 saturated heterocycles. The van der Waals surface area contributed by atoms with E-state index in [1.165, 1.54) is 5.57 Å². The van der Waals surface area contributed by atoms with Crippen molar-refractivity contribution in [2.24, 2.45) is 0 Å². The molecule has 3 heterocycles. The summed E-state index contributed by atoms with van der Waals surface area (Å²) < 4.78 is 5.34. The second-order valence-corrected chi connectivity index (χ2v) is 6.85. The number of aryl methyl sites for hydroxylation is 1. The predicted molar refractivity (Wildman–Crippen MR) is 103 cm³/mol. The Morgan fingerprint density at radius 1 is 1.22 bits per heavy atom. The summed E-state index contributed by atoms with van der Waals surface area (Å²) in [6.07, 6.45) is 3.80. The highest BCUT2D eigenvalue weighted by Gasteiger charge is 2.23. The van der Waals surface area contributed by atoms with Crippen LogP contribution in [0.4, 0.5) is 5.69 Å². The maximum absolute atomic E-state index is 12.8. The highest BCUT2D eigenvalue weighted by Crippen LogP contribution is 2.29. The number of likely N-dealkylation sites (tertiary alicyclic amines) is 1. The van der Waals surface area contributed by atoms with Crippen molar-refractivity contribution in [2.75, 3.05) is 25.0 Å². The molecule has 0 aliphatic carbocycles. The van der Waals surface area contributed by atoms with Crippen molar-refractivity contribution >= 4 is 23.6 Å². The van der Waals surface area contributed by atoms with Crippen LogP contribution in [-0.2, 0) is 4.79 Å². The molecule has 2 amide bonds. The van der Waals surface area contributed by atoms with E-state index in [1.807, 2.05) is 30.0 Å². The van der Waals surface area contributed by atoms with Gasteiger partial charge in [-0.25, -0.2) is 0 Å². The van der Waals surface area contributed by atoms with Crippen LogP contribution in [0.3, 0.4) is 0 Å². The highest BCUT2D eigenvalue weighted by molar-refractivity contribution is 5.99. The molecule has 6 heteroatoms. The summed E-state index contributed by atoms with van der Waals surface area (Å²) in [7, 11) is 0. The molecule has 0 atom stereocenters. The van der Waals surface area contributed by atoms with Gasteiger partial charge < -0.3 is 15.0 Å². The fourth-order valence-electron chi connectivity index (χ4n) is 3.39. The highest BCUT2D eigenvalue weighted by atomic mass is 16.5. The molecule has 0 radical (unpaired) electrons. The number of piperidine rings is 1. The molecule has 0 saturated carbocycles. The molecular formula is C21H21N3O3. The van der Waals surface area contributed by atoms with E-state index in [1.54, 1.807) is 18.2 Å². The lowest BCUT2D eigenvalue weighted by atomic mass is 10.0. The van der Waals surface area contributed by atoms with Gasteiger partial charge in [-0.15, -0.1) is 0 Å². The predicted octanol–water partition coefficient (Wildman–Crippen LogP) is 3.04. The average molecular weight is 363 g/mol. The van der Waals surface area contributed by atoms with Crippen molar-refractivity contribution < 1.29 is 14.3 Å². The lowest BCUT2D eigenvalue weighted by Crippen LogP contribution is -2.36. The normalized spacial score (nSPS) is 16.3. The van der Waals surface area contributed by atoms with Crippen LogP contribution in [0.2, 0.25) is 0 Å². The van der Waals surface area contributed by atoms with E-state index in [0.29, 0.717) is 30.1 Å². The summed E-state index contributed by atoms with van der Waals surface area (Å²) >= 11 is 0. The molecule has 6 nitrogen and oxygen atoms in total. The number of carbonyl (C=O) groups excluding carboxylic acids is 2. The topological polar surface area (TPSA) is 71.5 Å². The summed E-state index contributed by atoms with van der Waals surface area (Å²) in [5.74, 6) is 0.371. The minimum atomic E-state index is -0.204. The number of aromatic nitrogens is 1. The van der Waals surface area contributed by atoms with Crippen LogP contribution in [0, 0.1) is 6.92 Å². The number of benzene rings is 1. The molecule has 0 bridgehead atoms. The molecule has 0 spiro atoms. The zero-order chi connectivity index (χ0) is 18.8. The maximum atomic E-state index is 12.8. The minimum absolute atomic E-state index is 0.0112. The molecule has 1 aromatic carbocycles. The summed E-state index contributed by atoms with van der Waals surface area (Å²) in [6, 6.07) is 11.2. The first-order chi connectivity index (χ1) is 13.1. The van der Waals surface area contributed by atoms with Crippen molar-refractivity contribution in [3.63, 3.8) is 0 Å². The number of nitrogens with one attached hydrogen (secondary N) is 1. The van der Waals surface area contributed by atoms with Gasteiger partial charge in [-0.05, 0) is 56.2 Å². The molecule has 1 aromatic heterocycles. The van der Waals surface area contributed by atoms with E-state index in [9.17, 15) is 9.59 Å². The first-order valence-corrected chi connectivity index (χ1v) is 9.07. The van der Waals surface area contributed by atoms with Crippen molar-refractivity contribution in [3.8, 4) is 5.75 Å². The number of rotatable bonds is 2. The van der Waals surface area contributed by atoms with Crippen LogP contribution in [-0.4, -0.2) is 41.4 Å². The quantitative estimate of drug-likeness (QED) is 0.890. The molecule has 2 aromatic rings. The van der Waals surface area contributed by atoms with Crippen LogP contribution >= 0.6 is 0 Å². The Kier molecular flexibility index (Phi) is 4.62. The molecule has 0 unspecified atom stereocenters. The van der Waals surface area contributed by atoms with Gasteiger partial charge in [0.1, 0.15) is 5.75 Å². The average Bonchev–Trinajstić information content (AvgIpc) is 2.67. The molecule has 27 heavy (non-hydrogen) atoms. The van der Waals surface area contributed by atoms with Crippen molar-refractivity contribution in [1.82, 2.24) is 9.88 Å². The number of hydrogen-bond donors (Lipinski definition) is 1. The lowest BCUT2D eigenvalue weighted by molar-refractivity contribution is -0.118. The SMILES string of the molecule is Cc1cccc(C=C2CCN(C(=O)c3ccc4c(c3)NC(=O)CO4)CC2)n1. The van der Waals surface area contributed by atoms with Gasteiger partial charge in [0.2, 0.25) is 0 Å². The van der Waals surface area contributed by atoms with Crippen molar-refractivity contribution in [1.29, 1.82) is 0 Å². The molecule has 1 N–H and O–H groups in total. The summed E-state index contributed by atoms with van der Waals surface area (Å²) in [4.78, 5) is 30.7. The van der Waals surface area contributed by atoms with Gasteiger partial charge in [-0.2, -0.15) is 0 Å². The molecule has 138 valence electrons. The monoisotopic (exact) mass is 363 g/mol. The van der Waals surface area contributed by atoms with Gasteiger partial charge in [-0.1, -0.05) is 11.6 Å². The van der Waals surface area contributed by atoms with E-state index in [-0.39, 0.29) is 18.4 Å². The second-order valence-electron chi connectivity index (χ2n) is 6.85. The fraction of sp³-hybridized carbons (Fsp3) is 0.286. The Bertz CT molecular complexity index is 926. The number of pyridine rings is 1. The number of anilines is 1. The Morgan fingerprint density at radius 2 is 2.04 bits per heavy atom. The van der Waals surface area contributed by atoms with Crippen LogP contribution in [0.5, 0.6) is 5.75 Å². The smallest absolute Gasteiger partial charge is 0.262 e. The number of amides is 2. The van der Waals surface area contributed by atoms with Gasteiger partial charge in [-0.3, -0.25) is 14.6 Å². The van der Waals surface area contributed by atoms with E-state index in [0.717, 1.165) is 24.2 Å². The summed E-state index contributed by atoms with van der Waals surface area (Å²) in [6.45, 7) is 3.35. The van der Waals surface area contributed by atoms with Crippen LogP contribution < -0.4 is 10.1 Å². The number of nitrogens with zero attached hydrogens (tertiary/aromatic N) is 2. The third kappa shape index (κ3) is 3.84. The molecule has 2 aliphatic rings. The van der Waals surface area contributed by atoms with Crippen LogP contribution in [0.15, 0.2) is 42.0 Å². The van der Waals surface area contributed by atoms with E-state index in [4.69, 9.17) is 4.74 Å². The molecule has 4 rings (SSSR count). The first-order valence-electron chi connectivity index (χ1n) is 9.07. The number of carbonyl (C=O) groups is 2. The Morgan fingerprint density at radius 3 is 2.81 bits per heavy atom. The van der Waals surface area contributed by atoms with Crippen molar-refractivity contribution in [3.05, 3.63) is 58.9 Å².